The highest BCUT2D eigenvalue weighted by atomic mass is 32.2. The summed E-state index contributed by atoms with van der Waals surface area (Å²) in [4.78, 5) is 11.8. The van der Waals surface area contributed by atoms with E-state index in [2.05, 4.69) is 5.32 Å². The summed E-state index contributed by atoms with van der Waals surface area (Å²) in [7, 11) is -1.98. The predicted molar refractivity (Wildman–Crippen MR) is 74.3 cm³/mol. The highest BCUT2D eigenvalue weighted by Gasteiger charge is 2.15. The van der Waals surface area contributed by atoms with Crippen LogP contribution >= 0.6 is 0 Å². The van der Waals surface area contributed by atoms with Crippen LogP contribution in [0.3, 0.4) is 0 Å². The first-order valence-corrected chi connectivity index (χ1v) is 7.73. The molecule has 0 radical (unpaired) electrons. The summed E-state index contributed by atoms with van der Waals surface area (Å²) in [5, 5.41) is 12.1. The minimum Gasteiger partial charge on any atom is -0.506 e. The van der Waals surface area contributed by atoms with Crippen LogP contribution in [0.5, 0.6) is 5.75 Å². The molecule has 0 aliphatic heterocycles. The lowest BCUT2D eigenvalue weighted by Gasteiger charge is -2.13. The van der Waals surface area contributed by atoms with Gasteiger partial charge in [-0.2, -0.15) is 0 Å². The van der Waals surface area contributed by atoms with Crippen LogP contribution in [0.25, 0.3) is 0 Å². The number of nitrogens with two attached hydrogens (primary N) is 1. The number of carbonyl (C=O) groups excluding carboxylic acids is 1. The molecular formula is C12H18N2O5S. The van der Waals surface area contributed by atoms with Crippen molar-refractivity contribution in [3.63, 3.8) is 0 Å². The zero-order valence-corrected chi connectivity index (χ0v) is 12.1. The summed E-state index contributed by atoms with van der Waals surface area (Å²) >= 11 is 0. The fourth-order valence-electron chi connectivity index (χ4n) is 1.52. The summed E-state index contributed by atoms with van der Waals surface area (Å²) in [6.45, 7) is 0.180. The Bertz CT molecular complexity index is 582. The van der Waals surface area contributed by atoms with Crippen LogP contribution in [0.15, 0.2) is 23.1 Å². The van der Waals surface area contributed by atoms with Gasteiger partial charge < -0.3 is 20.9 Å². The van der Waals surface area contributed by atoms with Crippen molar-refractivity contribution in [2.24, 2.45) is 5.73 Å². The van der Waals surface area contributed by atoms with Crippen molar-refractivity contribution in [3.05, 3.63) is 18.2 Å². The van der Waals surface area contributed by atoms with E-state index in [4.69, 9.17) is 10.5 Å². The Morgan fingerprint density at radius 3 is 2.65 bits per heavy atom. The molecule has 0 aliphatic carbocycles. The Morgan fingerprint density at radius 2 is 2.15 bits per heavy atom. The number of carbonyl (C=O) groups is 1. The van der Waals surface area contributed by atoms with Crippen molar-refractivity contribution in [2.75, 3.05) is 25.2 Å². The molecule has 0 saturated heterocycles. The van der Waals surface area contributed by atoms with Crippen LogP contribution < -0.4 is 11.1 Å². The predicted octanol–water partition coefficient (Wildman–Crippen LogP) is 0.0980. The highest BCUT2D eigenvalue weighted by Crippen LogP contribution is 2.26. The average Bonchev–Trinajstić information content (AvgIpc) is 2.37. The second-order valence-electron chi connectivity index (χ2n) is 4.30. The molecule has 1 unspecified atom stereocenters. The molecule has 0 fully saturated rings. The van der Waals surface area contributed by atoms with Crippen molar-refractivity contribution < 1.29 is 23.1 Å². The van der Waals surface area contributed by atoms with Crippen molar-refractivity contribution in [1.29, 1.82) is 0 Å². The van der Waals surface area contributed by atoms with E-state index in [1.807, 2.05) is 0 Å². The first-order valence-electron chi connectivity index (χ1n) is 5.83. The van der Waals surface area contributed by atoms with Gasteiger partial charge in [0.1, 0.15) is 5.75 Å². The lowest BCUT2D eigenvalue weighted by Crippen LogP contribution is -2.28. The van der Waals surface area contributed by atoms with E-state index in [0.29, 0.717) is 0 Å². The van der Waals surface area contributed by atoms with Crippen LogP contribution in [-0.4, -0.2) is 45.4 Å². The highest BCUT2D eigenvalue weighted by molar-refractivity contribution is 7.90. The van der Waals surface area contributed by atoms with Gasteiger partial charge in [0.25, 0.3) is 0 Å². The molecule has 1 rings (SSSR count). The summed E-state index contributed by atoms with van der Waals surface area (Å²) < 4.78 is 27.8. The molecular weight excluding hydrogens is 284 g/mol. The van der Waals surface area contributed by atoms with E-state index in [0.717, 1.165) is 6.26 Å². The number of rotatable bonds is 6. The first-order chi connectivity index (χ1) is 9.27. The number of phenols is 1. The number of ether oxygens (including phenoxy) is 1. The molecule has 8 heteroatoms. The van der Waals surface area contributed by atoms with E-state index >= 15 is 0 Å². The summed E-state index contributed by atoms with van der Waals surface area (Å²) in [5.74, 6) is -0.643. The molecule has 0 aromatic heterocycles. The molecule has 0 bridgehead atoms. The number of phenolic OH excluding ortho intramolecular Hbond substituents is 1. The summed E-state index contributed by atoms with van der Waals surface area (Å²) in [6, 6.07) is 3.67. The van der Waals surface area contributed by atoms with Gasteiger partial charge in [0.15, 0.2) is 9.84 Å². The molecule has 0 heterocycles. The monoisotopic (exact) mass is 302 g/mol. The van der Waals surface area contributed by atoms with E-state index in [-0.39, 0.29) is 29.3 Å². The maximum atomic E-state index is 11.7. The van der Waals surface area contributed by atoms with Gasteiger partial charge in [0.05, 0.1) is 23.1 Å². The lowest BCUT2D eigenvalue weighted by molar-refractivity contribution is -0.118. The molecule has 0 spiro atoms. The zero-order valence-electron chi connectivity index (χ0n) is 11.3. The van der Waals surface area contributed by atoms with Crippen LogP contribution in [0.2, 0.25) is 0 Å². The average molecular weight is 302 g/mol. The number of hydrogen-bond donors (Lipinski definition) is 3. The smallest absolute Gasteiger partial charge is 0.227 e. The fourth-order valence-corrected chi connectivity index (χ4v) is 2.16. The number of aromatic hydroxyl groups is 1. The van der Waals surface area contributed by atoms with Crippen molar-refractivity contribution >= 4 is 21.4 Å². The molecule has 0 aliphatic rings. The third-order valence-corrected chi connectivity index (χ3v) is 3.79. The largest absolute Gasteiger partial charge is 0.506 e. The Hall–Kier alpha value is -1.64. The first kappa shape index (κ1) is 16.4. The lowest BCUT2D eigenvalue weighted by atomic mass is 10.2. The van der Waals surface area contributed by atoms with Gasteiger partial charge >= 0.3 is 0 Å². The molecule has 1 aromatic carbocycles. The van der Waals surface area contributed by atoms with Gasteiger partial charge in [-0.05, 0) is 18.2 Å². The van der Waals surface area contributed by atoms with Crippen LogP contribution in [0.1, 0.15) is 6.42 Å². The maximum absolute atomic E-state index is 11.7. The van der Waals surface area contributed by atoms with Gasteiger partial charge in [-0.15, -0.1) is 0 Å². The second-order valence-corrected chi connectivity index (χ2v) is 6.31. The number of anilines is 1. The topological polar surface area (TPSA) is 119 Å². The summed E-state index contributed by atoms with van der Waals surface area (Å²) in [6.07, 6.45) is 0.617. The number of sulfone groups is 1. The normalized spacial score (nSPS) is 12.9. The Kier molecular flexibility index (Phi) is 5.49. The molecule has 1 atom stereocenters. The summed E-state index contributed by atoms with van der Waals surface area (Å²) in [5.41, 5.74) is 5.43. The fraction of sp³-hybridized carbons (Fsp3) is 0.417. The number of methoxy groups -OCH3 is 1. The molecule has 4 N–H and O–H groups in total. The Morgan fingerprint density at radius 1 is 1.50 bits per heavy atom. The number of nitrogens with one attached hydrogen (secondary N) is 1. The van der Waals surface area contributed by atoms with E-state index in [1.54, 1.807) is 0 Å². The zero-order chi connectivity index (χ0) is 15.3. The van der Waals surface area contributed by atoms with Crippen LogP contribution in [-0.2, 0) is 19.4 Å². The number of hydrogen-bond acceptors (Lipinski definition) is 6. The quantitative estimate of drug-likeness (QED) is 0.641. The van der Waals surface area contributed by atoms with E-state index < -0.39 is 21.8 Å². The third kappa shape index (κ3) is 4.48. The Balaban J connectivity index is 2.89. The van der Waals surface area contributed by atoms with Crippen molar-refractivity contribution in [3.8, 4) is 5.75 Å². The molecule has 1 aromatic rings. The van der Waals surface area contributed by atoms with Crippen molar-refractivity contribution in [2.45, 2.75) is 17.4 Å². The Labute approximate surface area is 117 Å². The van der Waals surface area contributed by atoms with Crippen molar-refractivity contribution in [1.82, 2.24) is 0 Å². The second kappa shape index (κ2) is 6.69. The number of amides is 1. The van der Waals surface area contributed by atoms with E-state index in [1.165, 1.54) is 25.3 Å². The molecule has 20 heavy (non-hydrogen) atoms. The third-order valence-electron chi connectivity index (χ3n) is 2.68. The number of benzene rings is 1. The van der Waals surface area contributed by atoms with Crippen LogP contribution in [0, 0.1) is 0 Å². The van der Waals surface area contributed by atoms with Gasteiger partial charge in [0.2, 0.25) is 5.91 Å². The standard InChI is InChI=1S/C12H18N2O5S/c1-19-8(7-13)5-12(16)14-10-6-9(20(2,17)18)3-4-11(10)15/h3-4,6,8,15H,5,7,13H2,1-2H3,(H,14,16). The molecule has 112 valence electrons. The minimum atomic E-state index is -3.42. The SMILES string of the molecule is COC(CN)CC(=O)Nc1cc(S(C)(=O)=O)ccc1O. The van der Waals surface area contributed by atoms with E-state index in [9.17, 15) is 18.3 Å². The molecule has 0 saturated carbocycles. The van der Waals surface area contributed by atoms with Gasteiger partial charge in [-0.1, -0.05) is 0 Å². The minimum absolute atomic E-state index is 0.00714. The van der Waals surface area contributed by atoms with Crippen LogP contribution in [0.4, 0.5) is 5.69 Å². The molecule has 1 amide bonds. The van der Waals surface area contributed by atoms with Gasteiger partial charge in [-0.25, -0.2) is 8.42 Å². The maximum Gasteiger partial charge on any atom is 0.227 e. The van der Waals surface area contributed by atoms with Gasteiger partial charge in [0, 0.05) is 19.9 Å². The molecule has 7 nitrogen and oxygen atoms in total. The van der Waals surface area contributed by atoms with Gasteiger partial charge in [-0.3, -0.25) is 4.79 Å².